The molecule has 2 saturated heterocycles. The molecule has 0 unspecified atom stereocenters. The lowest BCUT2D eigenvalue weighted by Crippen LogP contribution is -2.38. The predicted molar refractivity (Wildman–Crippen MR) is 145 cm³/mol. The first-order chi connectivity index (χ1) is 18.4. The topological polar surface area (TPSA) is 88.5 Å². The van der Waals surface area contributed by atoms with Gasteiger partial charge in [-0.1, -0.05) is 24.8 Å². The average Bonchev–Trinajstić information content (AvgIpc) is 3.18. The first-order valence-electron chi connectivity index (χ1n) is 13.1. The zero-order chi connectivity index (χ0) is 27.1. The number of nitrogens with zero attached hydrogens (tertiary/aromatic N) is 2. The molecular formula is C30H36N2O6. The monoisotopic (exact) mass is 520 g/mol. The Morgan fingerprint density at radius 3 is 2.45 bits per heavy atom. The third-order valence-corrected chi connectivity index (χ3v) is 6.84. The number of carbonyl (C=O) groups is 2. The number of benzene rings is 2. The van der Waals surface area contributed by atoms with Crippen molar-refractivity contribution in [2.45, 2.75) is 26.3 Å². The van der Waals surface area contributed by atoms with Crippen LogP contribution in [-0.4, -0.2) is 79.2 Å². The summed E-state index contributed by atoms with van der Waals surface area (Å²) in [5.74, 6) is -0.137. The Balaban J connectivity index is 1.68. The lowest BCUT2D eigenvalue weighted by atomic mass is 9.93. The van der Waals surface area contributed by atoms with Crippen molar-refractivity contribution in [2.75, 3.05) is 52.6 Å². The molecule has 38 heavy (non-hydrogen) atoms. The number of aliphatic hydroxyl groups excluding tert-OH is 1. The zero-order valence-corrected chi connectivity index (χ0v) is 22.2. The molecule has 2 aromatic rings. The maximum absolute atomic E-state index is 13.4. The molecule has 0 saturated carbocycles. The maximum Gasteiger partial charge on any atom is 0.295 e. The van der Waals surface area contributed by atoms with Crippen molar-refractivity contribution < 1.29 is 28.9 Å². The van der Waals surface area contributed by atoms with Crippen LogP contribution in [0, 0.1) is 6.92 Å². The molecule has 202 valence electrons. The molecule has 1 N–H and O–H groups in total. The number of Topliss-reactive ketones (excluding diaryl/α,β-unsaturated/α-hetero) is 1. The quantitative estimate of drug-likeness (QED) is 0.207. The Morgan fingerprint density at radius 1 is 1.08 bits per heavy atom. The van der Waals surface area contributed by atoms with Gasteiger partial charge in [-0.05, 0) is 61.7 Å². The predicted octanol–water partition coefficient (Wildman–Crippen LogP) is 4.10. The van der Waals surface area contributed by atoms with Crippen LogP contribution in [0.15, 0.2) is 60.7 Å². The molecule has 1 atom stereocenters. The van der Waals surface area contributed by atoms with Crippen molar-refractivity contribution in [1.82, 2.24) is 9.80 Å². The van der Waals surface area contributed by atoms with Crippen molar-refractivity contribution in [2.24, 2.45) is 0 Å². The van der Waals surface area contributed by atoms with Crippen LogP contribution < -0.4 is 9.47 Å². The van der Waals surface area contributed by atoms with E-state index in [-0.39, 0.29) is 11.3 Å². The molecule has 2 fully saturated rings. The highest BCUT2D eigenvalue weighted by Crippen LogP contribution is 2.40. The van der Waals surface area contributed by atoms with Gasteiger partial charge >= 0.3 is 0 Å². The van der Waals surface area contributed by atoms with E-state index in [4.69, 9.17) is 14.2 Å². The fraction of sp³-hybridized carbons (Fsp3) is 0.400. The minimum Gasteiger partial charge on any atom is -0.507 e. The molecule has 8 nitrogen and oxygen atoms in total. The number of aryl methyl sites for hydroxylation is 1. The lowest BCUT2D eigenvalue weighted by molar-refractivity contribution is -0.140. The number of hydrogen-bond donors (Lipinski definition) is 1. The number of likely N-dealkylation sites (tertiary alicyclic amines) is 1. The highest BCUT2D eigenvalue weighted by molar-refractivity contribution is 6.46. The molecule has 2 aliphatic heterocycles. The van der Waals surface area contributed by atoms with Gasteiger partial charge in [-0.25, -0.2) is 0 Å². The maximum atomic E-state index is 13.4. The molecule has 2 heterocycles. The summed E-state index contributed by atoms with van der Waals surface area (Å²) in [7, 11) is 0. The van der Waals surface area contributed by atoms with Gasteiger partial charge in [-0.3, -0.25) is 14.5 Å². The van der Waals surface area contributed by atoms with Crippen LogP contribution in [0.1, 0.15) is 36.1 Å². The van der Waals surface area contributed by atoms with Crippen molar-refractivity contribution in [1.29, 1.82) is 0 Å². The van der Waals surface area contributed by atoms with E-state index in [0.717, 1.165) is 30.8 Å². The summed E-state index contributed by atoms with van der Waals surface area (Å²) in [6.45, 7) is 12.6. The lowest BCUT2D eigenvalue weighted by Gasteiger charge is -2.29. The first-order valence-corrected chi connectivity index (χ1v) is 13.1. The first kappa shape index (κ1) is 27.4. The number of morpholine rings is 1. The van der Waals surface area contributed by atoms with Crippen molar-refractivity contribution >= 4 is 17.4 Å². The molecule has 1 amide bonds. The second kappa shape index (κ2) is 12.8. The largest absolute Gasteiger partial charge is 0.507 e. The van der Waals surface area contributed by atoms with E-state index in [1.54, 1.807) is 35.2 Å². The van der Waals surface area contributed by atoms with E-state index in [1.807, 2.05) is 32.0 Å². The molecule has 0 radical (unpaired) electrons. The standard InChI is InChI=1S/C30H36N2O6/c1-4-17-38-23-9-7-22(8-10-23)27-26(28(33)25-12-11-24(37-5-2)20-21(25)3)29(34)30(35)32(27)14-6-13-31-15-18-36-19-16-31/h4,7-12,20,27,33H,1,5-6,13-19H2,2-3H3/t27-/m0/s1. The van der Waals surface area contributed by atoms with Crippen LogP contribution in [0.3, 0.4) is 0 Å². The normalized spacial score (nSPS) is 19.5. The van der Waals surface area contributed by atoms with E-state index in [1.165, 1.54) is 0 Å². The van der Waals surface area contributed by atoms with Crippen molar-refractivity contribution in [3.05, 3.63) is 77.4 Å². The fourth-order valence-electron chi connectivity index (χ4n) is 4.95. The molecule has 0 spiro atoms. The van der Waals surface area contributed by atoms with Crippen LogP contribution in [0.2, 0.25) is 0 Å². The summed E-state index contributed by atoms with van der Waals surface area (Å²) < 4.78 is 16.6. The fourth-order valence-corrected chi connectivity index (χ4v) is 4.95. The minimum atomic E-state index is -0.709. The van der Waals surface area contributed by atoms with Crippen LogP contribution >= 0.6 is 0 Å². The Kier molecular flexibility index (Phi) is 9.20. The molecule has 2 aromatic carbocycles. The van der Waals surface area contributed by atoms with Crippen LogP contribution in [0.25, 0.3) is 5.76 Å². The minimum absolute atomic E-state index is 0.0911. The number of hydrogen-bond acceptors (Lipinski definition) is 7. The third kappa shape index (κ3) is 6.09. The summed E-state index contributed by atoms with van der Waals surface area (Å²) in [6, 6.07) is 11.9. The van der Waals surface area contributed by atoms with Gasteiger partial charge in [0.2, 0.25) is 0 Å². The number of aliphatic hydroxyl groups is 1. The smallest absolute Gasteiger partial charge is 0.295 e. The van der Waals surface area contributed by atoms with Gasteiger partial charge in [0.05, 0.1) is 31.4 Å². The summed E-state index contributed by atoms with van der Waals surface area (Å²) in [5.41, 5.74) is 2.06. The van der Waals surface area contributed by atoms with E-state index in [2.05, 4.69) is 11.5 Å². The second-order valence-electron chi connectivity index (χ2n) is 9.38. The van der Waals surface area contributed by atoms with Gasteiger partial charge in [-0.15, -0.1) is 0 Å². The highest BCUT2D eigenvalue weighted by atomic mass is 16.5. The Labute approximate surface area is 224 Å². The Hall–Kier alpha value is -3.62. The highest BCUT2D eigenvalue weighted by Gasteiger charge is 2.46. The summed E-state index contributed by atoms with van der Waals surface area (Å²) in [5, 5.41) is 11.4. The zero-order valence-electron chi connectivity index (χ0n) is 22.2. The summed E-state index contributed by atoms with van der Waals surface area (Å²) >= 11 is 0. The summed E-state index contributed by atoms with van der Waals surface area (Å²) in [4.78, 5) is 30.5. The SMILES string of the molecule is C=CCOc1ccc([C@H]2C(=C(O)c3ccc(OCC)cc3C)C(=O)C(=O)N2CCCN2CCOCC2)cc1. The van der Waals surface area contributed by atoms with Crippen molar-refractivity contribution in [3.8, 4) is 11.5 Å². The second-order valence-corrected chi connectivity index (χ2v) is 9.38. The number of rotatable bonds is 11. The van der Waals surface area contributed by atoms with Gasteiger partial charge in [0, 0.05) is 31.7 Å². The molecule has 4 rings (SSSR count). The molecular weight excluding hydrogens is 484 g/mol. The molecule has 0 bridgehead atoms. The van der Waals surface area contributed by atoms with Gasteiger partial charge < -0.3 is 24.2 Å². The molecule has 2 aliphatic rings. The van der Waals surface area contributed by atoms with Crippen LogP contribution in [-0.2, 0) is 14.3 Å². The van der Waals surface area contributed by atoms with Gasteiger partial charge in [0.15, 0.2) is 0 Å². The molecule has 0 aliphatic carbocycles. The van der Waals surface area contributed by atoms with Crippen molar-refractivity contribution in [3.63, 3.8) is 0 Å². The van der Waals surface area contributed by atoms with E-state index in [9.17, 15) is 14.7 Å². The van der Waals surface area contributed by atoms with E-state index in [0.29, 0.717) is 56.5 Å². The third-order valence-electron chi connectivity index (χ3n) is 6.84. The van der Waals surface area contributed by atoms with Crippen LogP contribution in [0.5, 0.6) is 11.5 Å². The summed E-state index contributed by atoms with van der Waals surface area (Å²) in [6.07, 6.45) is 2.36. The Bertz CT molecular complexity index is 1180. The average molecular weight is 521 g/mol. The van der Waals surface area contributed by atoms with Gasteiger partial charge in [0.1, 0.15) is 23.9 Å². The van der Waals surface area contributed by atoms with Gasteiger partial charge in [0.25, 0.3) is 11.7 Å². The van der Waals surface area contributed by atoms with E-state index >= 15 is 0 Å². The molecule has 8 heteroatoms. The number of ether oxygens (including phenoxy) is 3. The molecule has 0 aromatic heterocycles. The number of carbonyl (C=O) groups excluding carboxylic acids is 2. The van der Waals surface area contributed by atoms with E-state index < -0.39 is 17.7 Å². The Morgan fingerprint density at radius 2 is 1.79 bits per heavy atom. The number of ketones is 1. The number of amides is 1. The van der Waals surface area contributed by atoms with Crippen LogP contribution in [0.4, 0.5) is 0 Å². The van der Waals surface area contributed by atoms with Gasteiger partial charge in [-0.2, -0.15) is 0 Å².